The van der Waals surface area contributed by atoms with Gasteiger partial charge >= 0.3 is 5.97 Å². The van der Waals surface area contributed by atoms with Crippen molar-refractivity contribution in [3.63, 3.8) is 0 Å². The minimum Gasteiger partial charge on any atom is -0.459 e. The zero-order chi connectivity index (χ0) is 9.97. The van der Waals surface area contributed by atoms with Crippen LogP contribution in [0.3, 0.4) is 0 Å². The highest BCUT2D eigenvalue weighted by Gasteiger charge is 2.22. The number of esters is 1. The number of rotatable bonds is 2. The molecule has 1 aliphatic carbocycles. The maximum atomic E-state index is 11.5. The minimum absolute atomic E-state index is 0.142. The van der Waals surface area contributed by atoms with Crippen molar-refractivity contribution in [2.24, 2.45) is 0 Å². The highest BCUT2D eigenvalue weighted by Crippen LogP contribution is 2.22. The van der Waals surface area contributed by atoms with Crippen LogP contribution in [0.2, 0.25) is 0 Å². The first kappa shape index (κ1) is 9.19. The van der Waals surface area contributed by atoms with Crippen LogP contribution in [0, 0.1) is 6.92 Å². The van der Waals surface area contributed by atoms with Gasteiger partial charge in [0, 0.05) is 11.9 Å². The van der Waals surface area contributed by atoms with E-state index in [-0.39, 0.29) is 12.1 Å². The standard InChI is InChI=1S/C11H13NO2/c1-8-5-6-9(7-12-8)11(13)14-10-3-2-4-10/h5-7,10H,2-4H2,1H3. The summed E-state index contributed by atoms with van der Waals surface area (Å²) in [4.78, 5) is 15.5. The van der Waals surface area contributed by atoms with Crippen LogP contribution >= 0.6 is 0 Å². The van der Waals surface area contributed by atoms with Crippen LogP contribution in [-0.2, 0) is 4.74 Å². The van der Waals surface area contributed by atoms with Gasteiger partial charge in [-0.3, -0.25) is 4.98 Å². The summed E-state index contributed by atoms with van der Waals surface area (Å²) in [5.41, 5.74) is 1.45. The van der Waals surface area contributed by atoms with E-state index in [1.807, 2.05) is 13.0 Å². The fourth-order valence-corrected chi connectivity index (χ4v) is 1.30. The van der Waals surface area contributed by atoms with Gasteiger partial charge in [-0.25, -0.2) is 4.79 Å². The van der Waals surface area contributed by atoms with Crippen molar-refractivity contribution in [2.75, 3.05) is 0 Å². The zero-order valence-electron chi connectivity index (χ0n) is 8.19. The fourth-order valence-electron chi connectivity index (χ4n) is 1.30. The molecule has 1 aliphatic rings. The molecule has 0 N–H and O–H groups in total. The van der Waals surface area contributed by atoms with Crippen molar-refractivity contribution in [3.05, 3.63) is 29.6 Å². The lowest BCUT2D eigenvalue weighted by atomic mass is 9.96. The Balaban J connectivity index is 1.99. The predicted octanol–water partition coefficient (Wildman–Crippen LogP) is 2.10. The lowest BCUT2D eigenvalue weighted by Crippen LogP contribution is -2.25. The number of pyridine rings is 1. The van der Waals surface area contributed by atoms with Gasteiger partial charge in [-0.15, -0.1) is 0 Å². The Labute approximate surface area is 83.1 Å². The summed E-state index contributed by atoms with van der Waals surface area (Å²) in [6, 6.07) is 3.57. The molecule has 1 aromatic heterocycles. The normalized spacial score (nSPS) is 16.1. The van der Waals surface area contributed by atoms with E-state index in [2.05, 4.69) is 4.98 Å². The Kier molecular flexibility index (Phi) is 2.48. The molecule has 3 nitrogen and oxygen atoms in total. The summed E-state index contributed by atoms with van der Waals surface area (Å²) in [5.74, 6) is -0.248. The molecule has 0 saturated heterocycles. The summed E-state index contributed by atoms with van der Waals surface area (Å²) >= 11 is 0. The molecule has 0 unspecified atom stereocenters. The third-order valence-electron chi connectivity index (χ3n) is 2.47. The van der Waals surface area contributed by atoms with Crippen LogP contribution in [0.15, 0.2) is 18.3 Å². The van der Waals surface area contributed by atoms with Crippen LogP contribution in [0.1, 0.15) is 35.3 Å². The first-order valence-corrected chi connectivity index (χ1v) is 4.89. The third kappa shape index (κ3) is 1.92. The van der Waals surface area contributed by atoms with Crippen LogP contribution in [0.25, 0.3) is 0 Å². The van der Waals surface area contributed by atoms with E-state index in [9.17, 15) is 4.79 Å². The highest BCUT2D eigenvalue weighted by molar-refractivity contribution is 5.89. The summed E-state index contributed by atoms with van der Waals surface area (Å²) in [6.07, 6.45) is 4.89. The zero-order valence-corrected chi connectivity index (χ0v) is 8.19. The lowest BCUT2D eigenvalue weighted by molar-refractivity contribution is 0.00897. The first-order chi connectivity index (χ1) is 6.75. The number of aryl methyl sites for hydroxylation is 1. The molecule has 0 spiro atoms. The number of ether oxygens (including phenoxy) is 1. The Morgan fingerprint density at radius 2 is 2.29 bits per heavy atom. The summed E-state index contributed by atoms with van der Waals surface area (Å²) in [6.45, 7) is 1.89. The fraction of sp³-hybridized carbons (Fsp3) is 0.455. The van der Waals surface area contributed by atoms with E-state index in [0.29, 0.717) is 5.56 Å². The van der Waals surface area contributed by atoms with Crippen molar-refractivity contribution in [3.8, 4) is 0 Å². The second-order valence-corrected chi connectivity index (χ2v) is 3.65. The molecule has 3 heteroatoms. The molecule has 0 amide bonds. The SMILES string of the molecule is Cc1ccc(C(=O)OC2CCC2)cn1. The molecule has 74 valence electrons. The Morgan fingerprint density at radius 1 is 1.50 bits per heavy atom. The van der Waals surface area contributed by atoms with E-state index >= 15 is 0 Å². The second-order valence-electron chi connectivity index (χ2n) is 3.65. The second kappa shape index (κ2) is 3.78. The molecule has 0 bridgehead atoms. The van der Waals surface area contributed by atoms with E-state index in [1.165, 1.54) is 6.42 Å². The van der Waals surface area contributed by atoms with E-state index in [4.69, 9.17) is 4.74 Å². The number of hydrogen-bond acceptors (Lipinski definition) is 3. The van der Waals surface area contributed by atoms with E-state index in [1.54, 1.807) is 12.3 Å². The van der Waals surface area contributed by atoms with Gasteiger partial charge in [0.25, 0.3) is 0 Å². The summed E-state index contributed by atoms with van der Waals surface area (Å²) in [7, 11) is 0. The Morgan fingerprint density at radius 3 is 2.79 bits per heavy atom. The average molecular weight is 191 g/mol. The molecule has 14 heavy (non-hydrogen) atoms. The maximum Gasteiger partial charge on any atom is 0.339 e. The number of carbonyl (C=O) groups excluding carboxylic acids is 1. The van der Waals surface area contributed by atoms with Crippen LogP contribution in [-0.4, -0.2) is 17.1 Å². The van der Waals surface area contributed by atoms with Crippen molar-refractivity contribution < 1.29 is 9.53 Å². The monoisotopic (exact) mass is 191 g/mol. The summed E-state index contributed by atoms with van der Waals surface area (Å²) in [5, 5.41) is 0. The number of nitrogens with zero attached hydrogens (tertiary/aromatic N) is 1. The Hall–Kier alpha value is -1.38. The van der Waals surface area contributed by atoms with Gasteiger partial charge in [0.05, 0.1) is 5.56 Å². The van der Waals surface area contributed by atoms with Gasteiger partial charge in [0.1, 0.15) is 6.10 Å². The molecule has 1 heterocycles. The third-order valence-corrected chi connectivity index (χ3v) is 2.47. The molecule has 0 aliphatic heterocycles. The lowest BCUT2D eigenvalue weighted by Gasteiger charge is -2.24. The molecular formula is C11H13NO2. The van der Waals surface area contributed by atoms with Crippen molar-refractivity contribution in [1.82, 2.24) is 4.98 Å². The van der Waals surface area contributed by atoms with Gasteiger partial charge in [0.15, 0.2) is 0 Å². The smallest absolute Gasteiger partial charge is 0.339 e. The molecule has 1 aromatic rings. The van der Waals surface area contributed by atoms with Crippen molar-refractivity contribution in [2.45, 2.75) is 32.3 Å². The van der Waals surface area contributed by atoms with Gasteiger partial charge < -0.3 is 4.74 Å². The highest BCUT2D eigenvalue weighted by atomic mass is 16.5. The number of aromatic nitrogens is 1. The van der Waals surface area contributed by atoms with Crippen LogP contribution < -0.4 is 0 Å². The summed E-state index contributed by atoms with van der Waals surface area (Å²) < 4.78 is 5.23. The minimum atomic E-state index is -0.248. The maximum absolute atomic E-state index is 11.5. The average Bonchev–Trinajstić information content (AvgIpc) is 2.12. The molecule has 1 fully saturated rings. The van der Waals surface area contributed by atoms with Crippen molar-refractivity contribution in [1.29, 1.82) is 0 Å². The van der Waals surface area contributed by atoms with Gasteiger partial charge in [-0.05, 0) is 38.3 Å². The Bertz CT molecular complexity index is 328. The largest absolute Gasteiger partial charge is 0.459 e. The molecule has 0 radical (unpaired) electrons. The molecule has 1 saturated carbocycles. The van der Waals surface area contributed by atoms with Gasteiger partial charge in [-0.1, -0.05) is 0 Å². The molecule has 0 aromatic carbocycles. The van der Waals surface area contributed by atoms with Crippen LogP contribution in [0.4, 0.5) is 0 Å². The van der Waals surface area contributed by atoms with Crippen LogP contribution in [0.5, 0.6) is 0 Å². The molecule has 0 atom stereocenters. The van der Waals surface area contributed by atoms with E-state index in [0.717, 1.165) is 18.5 Å². The quantitative estimate of drug-likeness (QED) is 0.672. The van der Waals surface area contributed by atoms with E-state index < -0.39 is 0 Å². The predicted molar refractivity (Wildman–Crippen MR) is 52.0 cm³/mol. The van der Waals surface area contributed by atoms with Gasteiger partial charge in [-0.2, -0.15) is 0 Å². The first-order valence-electron chi connectivity index (χ1n) is 4.89. The topological polar surface area (TPSA) is 39.2 Å². The van der Waals surface area contributed by atoms with Gasteiger partial charge in [0.2, 0.25) is 0 Å². The number of carbonyl (C=O) groups is 1. The molecular weight excluding hydrogens is 178 g/mol. The molecule has 2 rings (SSSR count). The number of hydrogen-bond donors (Lipinski definition) is 0. The van der Waals surface area contributed by atoms with Crippen molar-refractivity contribution >= 4 is 5.97 Å².